The lowest BCUT2D eigenvalue weighted by Crippen LogP contribution is -2.52. The van der Waals surface area contributed by atoms with Crippen molar-refractivity contribution in [2.24, 2.45) is 5.73 Å². The maximum atomic E-state index is 5.95. The summed E-state index contributed by atoms with van der Waals surface area (Å²) in [4.78, 5) is 0. The number of nitrogens with one attached hydrogen (secondary N) is 1. The minimum absolute atomic E-state index is 0.0295. The third kappa shape index (κ3) is 1.66. The van der Waals surface area contributed by atoms with Gasteiger partial charge in [0.25, 0.3) is 0 Å². The van der Waals surface area contributed by atoms with Crippen LogP contribution in [-0.4, -0.2) is 12.7 Å². The SMILES string of the molecule is CNC1(N)CCCCC1. The second-order valence-electron chi connectivity index (χ2n) is 2.97. The van der Waals surface area contributed by atoms with Crippen LogP contribution >= 0.6 is 0 Å². The van der Waals surface area contributed by atoms with Gasteiger partial charge in [0.05, 0.1) is 5.66 Å². The molecule has 0 unspecified atom stereocenters. The first-order chi connectivity index (χ1) is 4.27. The molecule has 0 heterocycles. The van der Waals surface area contributed by atoms with Gasteiger partial charge in [-0.15, -0.1) is 0 Å². The number of hydrogen-bond acceptors (Lipinski definition) is 2. The van der Waals surface area contributed by atoms with Crippen molar-refractivity contribution in [2.45, 2.75) is 37.8 Å². The summed E-state index contributed by atoms with van der Waals surface area (Å²) in [6.07, 6.45) is 6.22. The molecule has 0 aromatic rings. The molecule has 1 saturated carbocycles. The van der Waals surface area contributed by atoms with E-state index in [1.165, 1.54) is 19.3 Å². The summed E-state index contributed by atoms with van der Waals surface area (Å²) in [5.74, 6) is 0. The molecule has 1 aliphatic rings. The Labute approximate surface area is 56.8 Å². The van der Waals surface area contributed by atoms with E-state index in [0.717, 1.165) is 12.8 Å². The van der Waals surface area contributed by atoms with Gasteiger partial charge in [-0.25, -0.2) is 0 Å². The van der Waals surface area contributed by atoms with Crippen LogP contribution in [0.15, 0.2) is 0 Å². The summed E-state index contributed by atoms with van der Waals surface area (Å²) in [7, 11) is 1.95. The minimum atomic E-state index is -0.0295. The second kappa shape index (κ2) is 2.67. The zero-order chi connectivity index (χ0) is 6.74. The third-order valence-electron chi connectivity index (χ3n) is 2.24. The molecule has 0 amide bonds. The van der Waals surface area contributed by atoms with Crippen molar-refractivity contribution in [2.75, 3.05) is 7.05 Å². The van der Waals surface area contributed by atoms with Gasteiger partial charge >= 0.3 is 0 Å². The molecule has 0 spiro atoms. The van der Waals surface area contributed by atoms with Gasteiger partial charge in [0.15, 0.2) is 0 Å². The minimum Gasteiger partial charge on any atom is -0.313 e. The van der Waals surface area contributed by atoms with Crippen molar-refractivity contribution >= 4 is 0 Å². The number of hydrogen-bond donors (Lipinski definition) is 2. The molecule has 1 aliphatic carbocycles. The zero-order valence-electron chi connectivity index (χ0n) is 6.11. The Morgan fingerprint density at radius 1 is 1.22 bits per heavy atom. The summed E-state index contributed by atoms with van der Waals surface area (Å²) in [5.41, 5.74) is 5.92. The van der Waals surface area contributed by atoms with Crippen molar-refractivity contribution in [3.8, 4) is 0 Å². The molecule has 0 saturated heterocycles. The highest BCUT2D eigenvalue weighted by Crippen LogP contribution is 2.22. The molecule has 54 valence electrons. The molecule has 1 fully saturated rings. The van der Waals surface area contributed by atoms with Gasteiger partial charge in [-0.1, -0.05) is 19.3 Å². The predicted octanol–water partition coefficient (Wildman–Crippen LogP) is 0.825. The average molecular weight is 128 g/mol. The largest absolute Gasteiger partial charge is 0.313 e. The van der Waals surface area contributed by atoms with Crippen LogP contribution in [0, 0.1) is 0 Å². The first-order valence-electron chi connectivity index (χ1n) is 3.75. The Hall–Kier alpha value is -0.0800. The molecule has 0 radical (unpaired) electrons. The molecule has 0 aromatic heterocycles. The number of nitrogens with two attached hydrogens (primary N) is 1. The number of rotatable bonds is 1. The summed E-state index contributed by atoms with van der Waals surface area (Å²) >= 11 is 0. The third-order valence-corrected chi connectivity index (χ3v) is 2.24. The van der Waals surface area contributed by atoms with Crippen molar-refractivity contribution in [1.82, 2.24) is 5.32 Å². The fourth-order valence-corrected chi connectivity index (χ4v) is 1.43. The fraction of sp³-hybridized carbons (Fsp3) is 1.00. The molecular formula is C7H16N2. The van der Waals surface area contributed by atoms with Crippen molar-refractivity contribution in [1.29, 1.82) is 0 Å². The van der Waals surface area contributed by atoms with E-state index in [0.29, 0.717) is 0 Å². The van der Waals surface area contributed by atoms with Crippen LogP contribution in [0.3, 0.4) is 0 Å². The van der Waals surface area contributed by atoms with E-state index in [-0.39, 0.29) is 5.66 Å². The quantitative estimate of drug-likeness (QED) is 0.513. The van der Waals surface area contributed by atoms with E-state index in [1.807, 2.05) is 7.05 Å². The van der Waals surface area contributed by atoms with Crippen LogP contribution < -0.4 is 11.1 Å². The molecule has 1 rings (SSSR count). The smallest absolute Gasteiger partial charge is 0.0659 e. The maximum absolute atomic E-state index is 5.95. The van der Waals surface area contributed by atoms with E-state index in [1.54, 1.807) is 0 Å². The molecule has 2 heteroatoms. The topological polar surface area (TPSA) is 38.0 Å². The van der Waals surface area contributed by atoms with Gasteiger partial charge in [-0.05, 0) is 19.9 Å². The van der Waals surface area contributed by atoms with E-state index in [9.17, 15) is 0 Å². The van der Waals surface area contributed by atoms with E-state index < -0.39 is 0 Å². The Bertz CT molecular complexity index is 84.9. The predicted molar refractivity (Wildman–Crippen MR) is 39.1 cm³/mol. The zero-order valence-corrected chi connectivity index (χ0v) is 6.11. The van der Waals surface area contributed by atoms with Gasteiger partial charge < -0.3 is 11.1 Å². The van der Waals surface area contributed by atoms with E-state index in [4.69, 9.17) is 5.73 Å². The standard InChI is InChI=1S/C7H16N2/c1-9-7(8)5-3-2-4-6-7/h9H,2-6,8H2,1H3. The van der Waals surface area contributed by atoms with Gasteiger partial charge in [0.2, 0.25) is 0 Å². The first kappa shape index (κ1) is 7.03. The lowest BCUT2D eigenvalue weighted by molar-refractivity contribution is 0.255. The molecule has 0 aromatic carbocycles. The summed E-state index contributed by atoms with van der Waals surface area (Å²) in [5, 5.41) is 3.16. The summed E-state index contributed by atoms with van der Waals surface area (Å²) < 4.78 is 0. The van der Waals surface area contributed by atoms with Gasteiger partial charge in [0.1, 0.15) is 0 Å². The van der Waals surface area contributed by atoms with Crippen molar-refractivity contribution in [3.63, 3.8) is 0 Å². The Morgan fingerprint density at radius 3 is 2.11 bits per heavy atom. The van der Waals surface area contributed by atoms with Crippen LogP contribution in [0.4, 0.5) is 0 Å². The first-order valence-corrected chi connectivity index (χ1v) is 3.75. The molecule has 2 nitrogen and oxygen atoms in total. The molecule has 0 bridgehead atoms. The van der Waals surface area contributed by atoms with Gasteiger partial charge in [-0.3, -0.25) is 0 Å². The van der Waals surface area contributed by atoms with Crippen LogP contribution in [0.25, 0.3) is 0 Å². The highest BCUT2D eigenvalue weighted by molar-refractivity contribution is 4.82. The molecule has 3 N–H and O–H groups in total. The van der Waals surface area contributed by atoms with Crippen LogP contribution in [-0.2, 0) is 0 Å². The Morgan fingerprint density at radius 2 is 1.78 bits per heavy atom. The maximum Gasteiger partial charge on any atom is 0.0659 e. The van der Waals surface area contributed by atoms with Gasteiger partial charge in [0, 0.05) is 0 Å². The lowest BCUT2D eigenvalue weighted by Gasteiger charge is -2.32. The van der Waals surface area contributed by atoms with Crippen molar-refractivity contribution < 1.29 is 0 Å². The average Bonchev–Trinajstić information content (AvgIpc) is 1.90. The molecule has 9 heavy (non-hydrogen) atoms. The monoisotopic (exact) mass is 128 g/mol. The molecule has 0 aliphatic heterocycles. The fourth-order valence-electron chi connectivity index (χ4n) is 1.43. The summed E-state index contributed by atoms with van der Waals surface area (Å²) in [6.45, 7) is 0. The highest BCUT2D eigenvalue weighted by Gasteiger charge is 2.24. The highest BCUT2D eigenvalue weighted by atomic mass is 15.1. The molecular weight excluding hydrogens is 112 g/mol. The summed E-state index contributed by atoms with van der Waals surface area (Å²) in [6, 6.07) is 0. The van der Waals surface area contributed by atoms with Crippen LogP contribution in [0.1, 0.15) is 32.1 Å². The second-order valence-corrected chi connectivity index (χ2v) is 2.97. The van der Waals surface area contributed by atoms with Gasteiger partial charge in [-0.2, -0.15) is 0 Å². The van der Waals surface area contributed by atoms with E-state index >= 15 is 0 Å². The van der Waals surface area contributed by atoms with Crippen LogP contribution in [0.5, 0.6) is 0 Å². The normalized spacial score (nSPS) is 26.0. The van der Waals surface area contributed by atoms with Crippen molar-refractivity contribution in [3.05, 3.63) is 0 Å². The lowest BCUT2D eigenvalue weighted by atomic mass is 9.90. The van der Waals surface area contributed by atoms with E-state index in [2.05, 4.69) is 5.32 Å². The molecule has 0 atom stereocenters. The Balaban J connectivity index is 2.37. The van der Waals surface area contributed by atoms with Crippen LogP contribution in [0.2, 0.25) is 0 Å². The Kier molecular flexibility index (Phi) is 2.09.